The number of aromatic nitrogens is 6. The van der Waals surface area contributed by atoms with Crippen molar-refractivity contribution in [3.8, 4) is 0 Å². The van der Waals surface area contributed by atoms with Gasteiger partial charge >= 0.3 is 0 Å². The van der Waals surface area contributed by atoms with Crippen LogP contribution in [0.5, 0.6) is 0 Å². The van der Waals surface area contributed by atoms with E-state index in [1.54, 1.807) is 25.0 Å². The lowest BCUT2D eigenvalue weighted by Gasteiger charge is -1.98. The minimum atomic E-state index is 0.775. The Balaban J connectivity index is 1.70. The first-order chi connectivity index (χ1) is 8.40. The maximum Gasteiger partial charge on any atom is 0.246 e. The number of nitrogens with zero attached hydrogens (tertiary/aromatic N) is 6. The van der Waals surface area contributed by atoms with Crippen molar-refractivity contribution >= 4 is 0 Å². The Kier molecular flexibility index (Phi) is 2.45. The fourth-order valence-corrected chi connectivity index (χ4v) is 1.72. The molecule has 3 rings (SSSR count). The zero-order valence-corrected chi connectivity index (χ0v) is 9.29. The Morgan fingerprint density at radius 1 is 0.882 bits per heavy atom. The van der Waals surface area contributed by atoms with E-state index in [1.165, 1.54) is 0 Å². The third-order valence-electron chi connectivity index (χ3n) is 2.52. The van der Waals surface area contributed by atoms with Crippen molar-refractivity contribution in [2.45, 2.75) is 13.3 Å². The summed E-state index contributed by atoms with van der Waals surface area (Å²) in [5.74, 6) is 0. The van der Waals surface area contributed by atoms with Crippen molar-refractivity contribution in [1.29, 1.82) is 0 Å². The lowest BCUT2D eigenvalue weighted by Crippen LogP contribution is -2.34. The molecule has 3 aromatic rings. The number of imidazole rings is 3. The van der Waals surface area contributed by atoms with Crippen LogP contribution in [0.25, 0.3) is 0 Å². The summed E-state index contributed by atoms with van der Waals surface area (Å²) in [6.45, 7) is 1.55. The van der Waals surface area contributed by atoms with Gasteiger partial charge in [0.15, 0.2) is 13.3 Å². The van der Waals surface area contributed by atoms with Gasteiger partial charge in [0.1, 0.15) is 12.4 Å². The normalized spacial score (nSPS) is 10.8. The molecular weight excluding hydrogens is 216 g/mol. The van der Waals surface area contributed by atoms with Crippen LogP contribution in [-0.4, -0.2) is 23.7 Å². The molecule has 0 radical (unpaired) electrons. The van der Waals surface area contributed by atoms with Gasteiger partial charge in [-0.05, 0) is 0 Å². The number of rotatable bonds is 4. The molecule has 0 fully saturated rings. The standard InChI is InChI=1S/C11H13N6/c1-3-14(7-12-1)9-16-5-6-17(11-16)10-15-4-2-13-8-15/h1-8,11H,9-10H2/q+1. The molecule has 3 heterocycles. The molecular formula is C11H13N6+. The van der Waals surface area contributed by atoms with Crippen LogP contribution in [0.2, 0.25) is 0 Å². The first kappa shape index (κ1) is 9.83. The molecule has 6 nitrogen and oxygen atoms in total. The second-order valence-corrected chi connectivity index (χ2v) is 3.88. The molecule has 17 heavy (non-hydrogen) atoms. The molecule has 0 N–H and O–H groups in total. The second kappa shape index (κ2) is 4.25. The van der Waals surface area contributed by atoms with Crippen LogP contribution in [-0.2, 0) is 13.3 Å². The van der Waals surface area contributed by atoms with Gasteiger partial charge in [0, 0.05) is 24.8 Å². The van der Waals surface area contributed by atoms with Gasteiger partial charge < -0.3 is 9.13 Å². The van der Waals surface area contributed by atoms with Crippen molar-refractivity contribution in [3.05, 3.63) is 56.2 Å². The van der Waals surface area contributed by atoms with Crippen LogP contribution >= 0.6 is 0 Å². The summed E-state index contributed by atoms with van der Waals surface area (Å²) < 4.78 is 8.22. The molecule has 0 saturated heterocycles. The maximum atomic E-state index is 4.02. The topological polar surface area (TPSA) is 44.5 Å². The number of hydrogen-bond donors (Lipinski definition) is 0. The van der Waals surface area contributed by atoms with Crippen molar-refractivity contribution in [2.75, 3.05) is 0 Å². The van der Waals surface area contributed by atoms with Gasteiger partial charge in [0.05, 0.1) is 12.7 Å². The van der Waals surface area contributed by atoms with E-state index in [-0.39, 0.29) is 0 Å². The quantitative estimate of drug-likeness (QED) is 0.599. The third-order valence-corrected chi connectivity index (χ3v) is 2.52. The highest BCUT2D eigenvalue weighted by Crippen LogP contribution is 1.90. The number of hydrogen-bond acceptors (Lipinski definition) is 2. The highest BCUT2D eigenvalue weighted by Gasteiger charge is 2.03. The van der Waals surface area contributed by atoms with E-state index in [1.807, 2.05) is 33.9 Å². The molecule has 0 atom stereocenters. The Morgan fingerprint density at radius 2 is 1.65 bits per heavy atom. The zero-order valence-electron chi connectivity index (χ0n) is 9.29. The van der Waals surface area contributed by atoms with Crippen LogP contribution < -0.4 is 4.57 Å². The summed E-state index contributed by atoms with van der Waals surface area (Å²) in [5.41, 5.74) is 0. The van der Waals surface area contributed by atoms with Crippen molar-refractivity contribution in [1.82, 2.24) is 23.7 Å². The molecule has 0 unspecified atom stereocenters. The second-order valence-electron chi connectivity index (χ2n) is 3.88. The molecule has 3 aromatic heterocycles. The van der Waals surface area contributed by atoms with E-state index in [0.29, 0.717) is 0 Å². The van der Waals surface area contributed by atoms with Gasteiger partial charge in [-0.2, -0.15) is 0 Å². The Bertz CT molecular complexity index is 512. The highest BCUT2D eigenvalue weighted by atomic mass is 15.2. The fraction of sp³-hybridized carbons (Fsp3) is 0.182. The van der Waals surface area contributed by atoms with Crippen LogP contribution in [0, 0.1) is 0 Å². The summed E-state index contributed by atoms with van der Waals surface area (Å²) in [6, 6.07) is 0. The van der Waals surface area contributed by atoms with Crippen LogP contribution in [0.1, 0.15) is 0 Å². The van der Waals surface area contributed by atoms with Gasteiger partial charge in [-0.15, -0.1) is 0 Å². The van der Waals surface area contributed by atoms with Gasteiger partial charge in [-0.3, -0.25) is 0 Å². The van der Waals surface area contributed by atoms with E-state index >= 15 is 0 Å². The average molecular weight is 229 g/mol. The van der Waals surface area contributed by atoms with E-state index in [2.05, 4.69) is 25.4 Å². The van der Waals surface area contributed by atoms with E-state index in [0.717, 1.165) is 13.3 Å². The van der Waals surface area contributed by atoms with Crippen LogP contribution in [0.4, 0.5) is 0 Å². The monoisotopic (exact) mass is 229 g/mol. The first-order valence-corrected chi connectivity index (χ1v) is 5.36. The molecule has 0 amide bonds. The predicted molar refractivity (Wildman–Crippen MR) is 59.9 cm³/mol. The third kappa shape index (κ3) is 2.25. The Labute approximate surface area is 98.4 Å². The fourth-order valence-electron chi connectivity index (χ4n) is 1.72. The molecule has 0 aliphatic heterocycles. The Hall–Kier alpha value is -2.37. The van der Waals surface area contributed by atoms with E-state index < -0.39 is 0 Å². The van der Waals surface area contributed by atoms with E-state index in [4.69, 9.17) is 0 Å². The van der Waals surface area contributed by atoms with Crippen LogP contribution in [0.3, 0.4) is 0 Å². The molecule has 6 heteroatoms. The van der Waals surface area contributed by atoms with Crippen LogP contribution in [0.15, 0.2) is 56.2 Å². The molecule has 0 spiro atoms. The molecule has 0 aliphatic carbocycles. The first-order valence-electron chi connectivity index (χ1n) is 5.36. The minimum Gasteiger partial charge on any atom is -0.300 e. The van der Waals surface area contributed by atoms with Gasteiger partial charge in [0.2, 0.25) is 6.33 Å². The average Bonchev–Trinajstić information content (AvgIpc) is 3.02. The summed E-state index contributed by atoms with van der Waals surface area (Å²) in [6.07, 6.45) is 17.2. The molecule has 86 valence electrons. The smallest absolute Gasteiger partial charge is 0.246 e. The molecule has 0 saturated carbocycles. The maximum absolute atomic E-state index is 4.02. The largest absolute Gasteiger partial charge is 0.300 e. The molecule has 0 bridgehead atoms. The van der Waals surface area contributed by atoms with Gasteiger partial charge in [-0.25, -0.2) is 19.1 Å². The highest BCUT2D eigenvalue weighted by molar-refractivity contribution is 4.76. The van der Waals surface area contributed by atoms with E-state index in [9.17, 15) is 0 Å². The van der Waals surface area contributed by atoms with Gasteiger partial charge in [0.25, 0.3) is 0 Å². The molecule has 0 aliphatic rings. The Morgan fingerprint density at radius 3 is 2.35 bits per heavy atom. The zero-order chi connectivity index (χ0) is 11.5. The summed E-state index contributed by atoms with van der Waals surface area (Å²) in [7, 11) is 0. The van der Waals surface area contributed by atoms with Crippen molar-refractivity contribution < 1.29 is 4.57 Å². The lowest BCUT2D eigenvalue weighted by atomic mass is 10.8. The SMILES string of the molecule is c1cn(Cn2cc[n+](Cn3ccnc3)c2)cn1. The van der Waals surface area contributed by atoms with Gasteiger partial charge in [-0.1, -0.05) is 0 Å². The summed E-state index contributed by atoms with van der Waals surface area (Å²) >= 11 is 0. The lowest BCUT2D eigenvalue weighted by molar-refractivity contribution is -0.701. The summed E-state index contributed by atoms with van der Waals surface area (Å²) in [5, 5.41) is 0. The molecule has 0 aromatic carbocycles. The predicted octanol–water partition coefficient (Wildman–Crippen LogP) is 0.180. The van der Waals surface area contributed by atoms with Crippen molar-refractivity contribution in [3.63, 3.8) is 0 Å². The minimum absolute atomic E-state index is 0.775. The summed E-state index contributed by atoms with van der Waals surface area (Å²) in [4.78, 5) is 8.03. The van der Waals surface area contributed by atoms with Crippen molar-refractivity contribution in [2.24, 2.45) is 0 Å².